The van der Waals surface area contributed by atoms with Crippen molar-refractivity contribution in [1.82, 2.24) is 15.2 Å². The van der Waals surface area contributed by atoms with Crippen LogP contribution in [0.3, 0.4) is 0 Å². The minimum Gasteiger partial charge on any atom is -0.390 e. The number of alkyl halides is 1. The molecule has 0 aliphatic heterocycles. The Labute approximate surface area is 117 Å². The van der Waals surface area contributed by atoms with Gasteiger partial charge in [-0.05, 0) is 24.6 Å². The molecule has 0 radical (unpaired) electrons. The molecule has 1 heterocycles. The summed E-state index contributed by atoms with van der Waals surface area (Å²) in [7, 11) is 0. The van der Waals surface area contributed by atoms with E-state index in [1.807, 2.05) is 31.2 Å². The lowest BCUT2D eigenvalue weighted by atomic mass is 10.1. The molecule has 102 valence electrons. The van der Waals surface area contributed by atoms with E-state index in [0.717, 1.165) is 22.9 Å². The highest BCUT2D eigenvalue weighted by atomic mass is 35.5. The van der Waals surface area contributed by atoms with E-state index >= 15 is 0 Å². The summed E-state index contributed by atoms with van der Waals surface area (Å²) in [4.78, 5) is 4.27. The summed E-state index contributed by atoms with van der Waals surface area (Å²) in [6.07, 6.45) is 0.173. The number of rotatable bonds is 6. The second-order valence-corrected chi connectivity index (χ2v) is 4.71. The Morgan fingerprint density at radius 2 is 2.11 bits per heavy atom. The summed E-state index contributed by atoms with van der Waals surface area (Å²) in [6.45, 7) is 2.33. The number of aromatic amines is 1. The van der Waals surface area contributed by atoms with E-state index in [9.17, 15) is 5.11 Å². The maximum Gasteiger partial charge on any atom is 0.155 e. The van der Waals surface area contributed by atoms with Crippen LogP contribution in [-0.4, -0.2) is 38.8 Å². The molecular formula is C13H17ClN4O. The Balaban J connectivity index is 1.91. The zero-order chi connectivity index (χ0) is 13.7. The number of aliphatic hydroxyl groups excluding tert-OH is 1. The van der Waals surface area contributed by atoms with Crippen LogP contribution < -0.4 is 5.32 Å². The average molecular weight is 281 g/mol. The molecule has 1 aromatic carbocycles. The minimum atomic E-state index is -0.530. The van der Waals surface area contributed by atoms with Gasteiger partial charge in [-0.25, -0.2) is 4.98 Å². The quantitative estimate of drug-likeness (QED) is 0.705. The molecule has 2 aromatic rings. The third kappa shape index (κ3) is 4.22. The van der Waals surface area contributed by atoms with Crippen molar-refractivity contribution in [1.29, 1.82) is 0 Å². The van der Waals surface area contributed by atoms with Crippen molar-refractivity contribution in [3.05, 3.63) is 41.5 Å². The predicted octanol–water partition coefficient (Wildman–Crippen LogP) is 1.72. The normalized spacial score (nSPS) is 12.4. The number of nitrogens with zero attached hydrogens (tertiary/aromatic N) is 2. The van der Waals surface area contributed by atoms with Crippen molar-refractivity contribution >= 4 is 17.3 Å². The van der Waals surface area contributed by atoms with E-state index in [1.165, 1.54) is 0 Å². The van der Waals surface area contributed by atoms with Crippen LogP contribution >= 0.6 is 11.6 Å². The molecule has 3 N–H and O–H groups in total. The van der Waals surface area contributed by atoms with Gasteiger partial charge in [0.15, 0.2) is 5.82 Å². The molecule has 0 amide bonds. The fourth-order valence-corrected chi connectivity index (χ4v) is 1.79. The van der Waals surface area contributed by atoms with Gasteiger partial charge in [0.1, 0.15) is 5.82 Å². The van der Waals surface area contributed by atoms with E-state index in [0.29, 0.717) is 13.0 Å². The number of aliphatic hydroxyl groups is 1. The number of hydrogen-bond acceptors (Lipinski definition) is 4. The molecule has 0 fully saturated rings. The van der Waals surface area contributed by atoms with Gasteiger partial charge in [-0.15, -0.1) is 11.6 Å². The first kappa shape index (κ1) is 13.8. The Bertz CT molecular complexity index is 512. The lowest BCUT2D eigenvalue weighted by molar-refractivity contribution is 0.211. The Morgan fingerprint density at radius 3 is 2.68 bits per heavy atom. The van der Waals surface area contributed by atoms with Gasteiger partial charge in [-0.3, -0.25) is 5.10 Å². The lowest BCUT2D eigenvalue weighted by Gasteiger charge is -2.10. The van der Waals surface area contributed by atoms with Gasteiger partial charge in [-0.2, -0.15) is 5.10 Å². The van der Waals surface area contributed by atoms with E-state index in [2.05, 4.69) is 20.5 Å². The third-order valence-corrected chi connectivity index (χ3v) is 3.04. The molecule has 2 rings (SSSR count). The molecule has 6 heteroatoms. The summed E-state index contributed by atoms with van der Waals surface area (Å²) in [5, 5.41) is 19.4. The first-order valence-electron chi connectivity index (χ1n) is 6.12. The van der Waals surface area contributed by atoms with Crippen molar-refractivity contribution in [2.75, 3.05) is 17.7 Å². The number of nitrogens with one attached hydrogen (secondary N) is 2. The monoisotopic (exact) mass is 280 g/mol. The number of halogens is 1. The van der Waals surface area contributed by atoms with E-state index in [4.69, 9.17) is 11.6 Å². The van der Waals surface area contributed by atoms with Crippen LogP contribution in [-0.2, 0) is 6.42 Å². The highest BCUT2D eigenvalue weighted by Gasteiger charge is 2.03. The molecule has 19 heavy (non-hydrogen) atoms. The van der Waals surface area contributed by atoms with Crippen LogP contribution in [0.5, 0.6) is 0 Å². The fourth-order valence-electron chi connectivity index (χ4n) is 1.68. The van der Waals surface area contributed by atoms with Crippen LogP contribution in [0.15, 0.2) is 24.3 Å². The molecule has 0 saturated heterocycles. The largest absolute Gasteiger partial charge is 0.390 e. The van der Waals surface area contributed by atoms with Gasteiger partial charge in [0.05, 0.1) is 12.0 Å². The average Bonchev–Trinajstić information content (AvgIpc) is 2.83. The Hall–Kier alpha value is -1.59. The molecule has 0 spiro atoms. The minimum absolute atomic E-state index is 0.231. The number of aryl methyl sites for hydroxylation is 1. The molecule has 1 unspecified atom stereocenters. The number of hydrogen-bond donors (Lipinski definition) is 3. The van der Waals surface area contributed by atoms with Crippen LogP contribution in [0.2, 0.25) is 0 Å². The Kier molecular flexibility index (Phi) is 4.76. The fraction of sp³-hybridized carbons (Fsp3) is 0.385. The molecule has 0 aliphatic carbocycles. The summed E-state index contributed by atoms with van der Waals surface area (Å²) < 4.78 is 0. The molecule has 0 saturated carbocycles. The first-order chi connectivity index (χ1) is 9.17. The standard InChI is InChI=1S/C13H17ClN4O/c1-9-16-13(18-17-9)6-10-2-4-11(5-3-10)15-8-12(19)7-14/h2-5,12,15,19H,6-8H2,1H3,(H,16,17,18). The van der Waals surface area contributed by atoms with Gasteiger partial charge in [0.25, 0.3) is 0 Å². The highest BCUT2D eigenvalue weighted by molar-refractivity contribution is 6.18. The van der Waals surface area contributed by atoms with Crippen LogP contribution in [0.1, 0.15) is 17.2 Å². The second kappa shape index (κ2) is 6.54. The van der Waals surface area contributed by atoms with E-state index in [1.54, 1.807) is 0 Å². The van der Waals surface area contributed by atoms with Gasteiger partial charge in [0.2, 0.25) is 0 Å². The maximum absolute atomic E-state index is 9.36. The predicted molar refractivity (Wildman–Crippen MR) is 75.6 cm³/mol. The van der Waals surface area contributed by atoms with Crippen molar-refractivity contribution < 1.29 is 5.11 Å². The maximum atomic E-state index is 9.36. The van der Waals surface area contributed by atoms with Gasteiger partial charge >= 0.3 is 0 Å². The topological polar surface area (TPSA) is 73.8 Å². The van der Waals surface area contributed by atoms with Gasteiger partial charge in [-0.1, -0.05) is 12.1 Å². The Morgan fingerprint density at radius 1 is 1.37 bits per heavy atom. The molecule has 0 bridgehead atoms. The zero-order valence-electron chi connectivity index (χ0n) is 10.7. The van der Waals surface area contributed by atoms with Crippen molar-refractivity contribution in [3.8, 4) is 0 Å². The summed E-state index contributed by atoms with van der Waals surface area (Å²) in [5.41, 5.74) is 2.10. The van der Waals surface area contributed by atoms with Crippen molar-refractivity contribution in [3.63, 3.8) is 0 Å². The van der Waals surface area contributed by atoms with Crippen LogP contribution in [0, 0.1) is 6.92 Å². The van der Waals surface area contributed by atoms with Crippen LogP contribution in [0.4, 0.5) is 5.69 Å². The second-order valence-electron chi connectivity index (χ2n) is 4.40. The molecule has 0 aliphatic rings. The third-order valence-electron chi connectivity index (χ3n) is 2.68. The van der Waals surface area contributed by atoms with Crippen molar-refractivity contribution in [2.24, 2.45) is 0 Å². The smallest absolute Gasteiger partial charge is 0.155 e. The van der Waals surface area contributed by atoms with Crippen LogP contribution in [0.25, 0.3) is 0 Å². The van der Waals surface area contributed by atoms with Gasteiger partial charge in [0, 0.05) is 18.7 Å². The van der Waals surface area contributed by atoms with E-state index in [-0.39, 0.29) is 5.88 Å². The summed E-state index contributed by atoms with van der Waals surface area (Å²) >= 11 is 5.53. The summed E-state index contributed by atoms with van der Waals surface area (Å²) in [5.74, 6) is 1.84. The van der Waals surface area contributed by atoms with E-state index < -0.39 is 6.10 Å². The number of aromatic nitrogens is 3. The first-order valence-corrected chi connectivity index (χ1v) is 6.65. The van der Waals surface area contributed by atoms with Gasteiger partial charge < -0.3 is 10.4 Å². The van der Waals surface area contributed by atoms with Crippen molar-refractivity contribution in [2.45, 2.75) is 19.4 Å². The molecule has 1 atom stereocenters. The SMILES string of the molecule is Cc1nc(Cc2ccc(NCC(O)CCl)cc2)n[nH]1. The molecular weight excluding hydrogens is 264 g/mol. The number of anilines is 1. The highest BCUT2D eigenvalue weighted by Crippen LogP contribution is 2.12. The molecule has 1 aromatic heterocycles. The summed E-state index contributed by atoms with van der Waals surface area (Å²) in [6, 6.07) is 7.97. The number of benzene rings is 1. The zero-order valence-corrected chi connectivity index (χ0v) is 11.5. The number of H-pyrrole nitrogens is 1. The lowest BCUT2D eigenvalue weighted by Crippen LogP contribution is -2.20. The molecule has 5 nitrogen and oxygen atoms in total.